The largest absolute Gasteiger partial charge is 0.477 e. The maximum absolute atomic E-state index is 11.8. The number of carboxylic acids is 1. The van der Waals surface area contributed by atoms with E-state index in [1.165, 1.54) is 18.8 Å². The SMILES string of the molecule is Cn1nnnc1C(C1=C(C(=O)O)N2C(=O)C[C@H]2SC1)S(=O)(=O)O. The molecule has 13 heteroatoms. The van der Waals surface area contributed by atoms with Crippen molar-refractivity contribution in [2.24, 2.45) is 7.05 Å². The van der Waals surface area contributed by atoms with Gasteiger partial charge in [0.2, 0.25) is 5.91 Å². The summed E-state index contributed by atoms with van der Waals surface area (Å²) in [5, 5.41) is 17.7. The minimum absolute atomic E-state index is 0.0212. The molecule has 124 valence electrons. The zero-order chi connectivity index (χ0) is 16.9. The summed E-state index contributed by atoms with van der Waals surface area (Å²) in [5.41, 5.74) is -0.567. The van der Waals surface area contributed by atoms with E-state index in [1.807, 2.05) is 0 Å². The molecule has 2 aliphatic rings. The number of carbonyl (C=O) groups excluding carboxylic acids is 1. The first-order chi connectivity index (χ1) is 10.7. The van der Waals surface area contributed by atoms with Crippen LogP contribution in [0.2, 0.25) is 0 Å². The monoisotopic (exact) mass is 361 g/mol. The summed E-state index contributed by atoms with van der Waals surface area (Å²) in [7, 11) is -3.38. The number of fused-ring (bicyclic) bond motifs is 1. The van der Waals surface area contributed by atoms with E-state index in [-0.39, 0.29) is 28.9 Å². The van der Waals surface area contributed by atoms with Crippen molar-refractivity contribution < 1.29 is 27.7 Å². The fraction of sp³-hybridized carbons (Fsp3) is 0.500. The zero-order valence-corrected chi connectivity index (χ0v) is 13.3. The molecule has 23 heavy (non-hydrogen) atoms. The number of β-lactam (4-membered cyclic amide) rings is 1. The van der Waals surface area contributed by atoms with E-state index in [1.54, 1.807) is 0 Å². The van der Waals surface area contributed by atoms with Gasteiger partial charge in [0, 0.05) is 12.8 Å². The Kier molecular flexibility index (Phi) is 3.65. The second kappa shape index (κ2) is 5.28. The van der Waals surface area contributed by atoms with E-state index in [2.05, 4.69) is 15.5 Å². The van der Waals surface area contributed by atoms with Crippen LogP contribution in [0.15, 0.2) is 11.3 Å². The van der Waals surface area contributed by atoms with E-state index in [0.717, 1.165) is 9.58 Å². The van der Waals surface area contributed by atoms with Crippen LogP contribution in [0, 0.1) is 0 Å². The van der Waals surface area contributed by atoms with E-state index in [0.29, 0.717) is 0 Å². The summed E-state index contributed by atoms with van der Waals surface area (Å²) in [5.74, 6) is -2.06. The molecular formula is C10H11N5O6S2. The van der Waals surface area contributed by atoms with Crippen molar-refractivity contribution in [2.45, 2.75) is 17.0 Å². The molecule has 11 nitrogen and oxygen atoms in total. The van der Waals surface area contributed by atoms with Gasteiger partial charge in [0.15, 0.2) is 11.1 Å². The van der Waals surface area contributed by atoms with Crippen LogP contribution in [0.4, 0.5) is 0 Å². The predicted molar refractivity (Wildman–Crippen MR) is 75.5 cm³/mol. The molecule has 0 aliphatic carbocycles. The Morgan fingerprint density at radius 1 is 1.48 bits per heavy atom. The lowest BCUT2D eigenvalue weighted by molar-refractivity contribution is -0.146. The highest BCUT2D eigenvalue weighted by Gasteiger charge is 2.49. The van der Waals surface area contributed by atoms with Gasteiger partial charge in [0.05, 0.1) is 11.8 Å². The molecule has 0 radical (unpaired) electrons. The van der Waals surface area contributed by atoms with Gasteiger partial charge < -0.3 is 5.11 Å². The normalized spacial score (nSPS) is 22.6. The minimum atomic E-state index is -4.75. The molecule has 0 bridgehead atoms. The molecule has 1 amide bonds. The van der Waals surface area contributed by atoms with Gasteiger partial charge in [-0.25, -0.2) is 9.48 Å². The standard InChI is InChI=1S/C10H11N5O6S2/c1-14-9(11-12-13-14)8(23(19,20)21)4-3-22-6-2-5(16)15(6)7(4)10(17)18/h6,8H,2-3H2,1H3,(H,17,18)(H,19,20,21)/t6-,8?/m1/s1. The number of hydrogen-bond acceptors (Lipinski definition) is 8. The van der Waals surface area contributed by atoms with Crippen LogP contribution in [-0.2, 0) is 26.8 Å². The van der Waals surface area contributed by atoms with Crippen molar-refractivity contribution in [1.29, 1.82) is 0 Å². The Labute approximate surface area is 134 Å². The minimum Gasteiger partial charge on any atom is -0.477 e. The molecule has 2 N–H and O–H groups in total. The van der Waals surface area contributed by atoms with Crippen LogP contribution in [-0.4, -0.2) is 66.2 Å². The summed E-state index contributed by atoms with van der Waals surface area (Å²) in [6, 6.07) is 0. The molecule has 3 rings (SSSR count). The molecule has 1 fully saturated rings. The number of carbonyl (C=O) groups is 2. The summed E-state index contributed by atoms with van der Waals surface area (Å²) in [6.45, 7) is 0. The van der Waals surface area contributed by atoms with Gasteiger partial charge in [0.25, 0.3) is 10.1 Å². The molecule has 0 aromatic carbocycles. The quantitative estimate of drug-likeness (QED) is 0.492. The number of carboxylic acid groups (broad SMARTS) is 1. The highest BCUT2D eigenvalue weighted by Crippen LogP contribution is 2.44. The van der Waals surface area contributed by atoms with Gasteiger partial charge in [0.1, 0.15) is 5.70 Å². The lowest BCUT2D eigenvalue weighted by Crippen LogP contribution is -2.54. The molecular weight excluding hydrogens is 350 g/mol. The highest BCUT2D eigenvalue weighted by atomic mass is 32.2. The van der Waals surface area contributed by atoms with Crippen molar-refractivity contribution in [3.63, 3.8) is 0 Å². The number of tetrazole rings is 1. The number of amides is 1. The second-order valence-electron chi connectivity index (χ2n) is 4.97. The van der Waals surface area contributed by atoms with Crippen molar-refractivity contribution in [2.75, 3.05) is 5.75 Å². The van der Waals surface area contributed by atoms with Gasteiger partial charge in [-0.1, -0.05) is 0 Å². The molecule has 1 aromatic heterocycles. The zero-order valence-electron chi connectivity index (χ0n) is 11.6. The lowest BCUT2D eigenvalue weighted by atomic mass is 10.0. The number of thioether (sulfide) groups is 1. The second-order valence-corrected chi connectivity index (χ2v) is 7.64. The van der Waals surface area contributed by atoms with Crippen molar-refractivity contribution in [3.05, 3.63) is 17.1 Å². The average molecular weight is 361 g/mol. The van der Waals surface area contributed by atoms with E-state index in [9.17, 15) is 27.7 Å². The van der Waals surface area contributed by atoms with E-state index < -0.39 is 32.9 Å². The number of aliphatic carboxylic acids is 1. The lowest BCUT2D eigenvalue weighted by Gasteiger charge is -2.44. The molecule has 1 unspecified atom stereocenters. The predicted octanol–water partition coefficient (Wildman–Crippen LogP) is -1.22. The molecule has 0 saturated carbocycles. The maximum atomic E-state index is 11.8. The van der Waals surface area contributed by atoms with Crippen LogP contribution in [0.25, 0.3) is 0 Å². The first-order valence-electron chi connectivity index (χ1n) is 6.30. The number of nitrogens with zero attached hydrogens (tertiary/aromatic N) is 5. The van der Waals surface area contributed by atoms with Gasteiger partial charge in [-0.2, -0.15) is 8.42 Å². The van der Waals surface area contributed by atoms with Crippen LogP contribution in [0.1, 0.15) is 17.5 Å². The third-order valence-electron chi connectivity index (χ3n) is 3.59. The third kappa shape index (κ3) is 2.49. The number of hydrogen-bond donors (Lipinski definition) is 2. The smallest absolute Gasteiger partial charge is 0.352 e. The van der Waals surface area contributed by atoms with Crippen molar-refractivity contribution >= 4 is 33.8 Å². The van der Waals surface area contributed by atoms with Gasteiger partial charge in [-0.15, -0.1) is 16.9 Å². The molecule has 1 aromatic rings. The van der Waals surface area contributed by atoms with E-state index in [4.69, 9.17) is 0 Å². The van der Waals surface area contributed by atoms with Crippen LogP contribution >= 0.6 is 11.8 Å². The Morgan fingerprint density at radius 3 is 2.65 bits per heavy atom. The molecule has 1 saturated heterocycles. The summed E-state index contributed by atoms with van der Waals surface area (Å²) in [6.07, 6.45) is 0.191. The van der Waals surface area contributed by atoms with Gasteiger partial charge in [-0.05, 0) is 16.0 Å². The summed E-state index contributed by atoms with van der Waals surface area (Å²) < 4.78 is 34.3. The fourth-order valence-corrected chi connectivity index (χ4v) is 5.00. The molecule has 2 atom stereocenters. The first-order valence-corrected chi connectivity index (χ1v) is 8.85. The molecule has 2 aliphatic heterocycles. The highest BCUT2D eigenvalue weighted by molar-refractivity contribution is 8.00. The van der Waals surface area contributed by atoms with Crippen LogP contribution in [0.5, 0.6) is 0 Å². The number of rotatable bonds is 4. The van der Waals surface area contributed by atoms with Crippen molar-refractivity contribution in [3.8, 4) is 0 Å². The molecule has 3 heterocycles. The summed E-state index contributed by atoms with van der Waals surface area (Å²) >= 11 is 1.22. The topological polar surface area (TPSA) is 156 Å². The van der Waals surface area contributed by atoms with Gasteiger partial charge >= 0.3 is 5.97 Å². The average Bonchev–Trinajstić information content (AvgIpc) is 2.83. The van der Waals surface area contributed by atoms with Gasteiger partial charge in [-0.3, -0.25) is 14.2 Å². The summed E-state index contributed by atoms with van der Waals surface area (Å²) in [4.78, 5) is 24.3. The number of aromatic nitrogens is 4. The molecule has 0 spiro atoms. The number of aryl methyl sites for hydroxylation is 1. The Hall–Kier alpha value is -1.99. The van der Waals surface area contributed by atoms with Crippen molar-refractivity contribution in [1.82, 2.24) is 25.1 Å². The van der Waals surface area contributed by atoms with Crippen LogP contribution in [0.3, 0.4) is 0 Å². The third-order valence-corrected chi connectivity index (χ3v) is 5.92. The maximum Gasteiger partial charge on any atom is 0.352 e. The van der Waals surface area contributed by atoms with E-state index >= 15 is 0 Å². The first kappa shape index (κ1) is 15.9. The Bertz CT molecular complexity index is 831. The fourth-order valence-electron chi connectivity index (χ4n) is 2.57. The Morgan fingerprint density at radius 2 is 2.17 bits per heavy atom. The van der Waals surface area contributed by atoms with Crippen LogP contribution < -0.4 is 0 Å². The Balaban J connectivity index is 2.22.